The van der Waals surface area contributed by atoms with E-state index in [9.17, 15) is 19.2 Å². The number of amides is 3. The summed E-state index contributed by atoms with van der Waals surface area (Å²) in [5, 5.41) is 2.61. The van der Waals surface area contributed by atoms with Gasteiger partial charge in [-0.25, -0.2) is 0 Å². The molecule has 3 fully saturated rings. The van der Waals surface area contributed by atoms with Crippen LogP contribution in [0.5, 0.6) is 5.75 Å². The van der Waals surface area contributed by atoms with Crippen molar-refractivity contribution in [3.63, 3.8) is 0 Å². The number of benzene rings is 1. The van der Waals surface area contributed by atoms with Gasteiger partial charge in [0, 0.05) is 12.2 Å². The number of rotatable bonds is 7. The van der Waals surface area contributed by atoms with E-state index in [0.717, 1.165) is 19.3 Å². The third-order valence-electron chi connectivity index (χ3n) is 6.30. The third-order valence-corrected chi connectivity index (χ3v) is 6.30. The number of anilines is 1. The lowest BCUT2D eigenvalue weighted by Crippen LogP contribution is -2.35. The summed E-state index contributed by atoms with van der Waals surface area (Å²) in [7, 11) is 1.55. The lowest BCUT2D eigenvalue weighted by molar-refractivity contribution is -0.149. The van der Waals surface area contributed by atoms with Gasteiger partial charge in [-0.3, -0.25) is 24.1 Å². The van der Waals surface area contributed by atoms with Crippen LogP contribution in [0.25, 0.3) is 0 Å². The van der Waals surface area contributed by atoms with Gasteiger partial charge < -0.3 is 14.8 Å². The fourth-order valence-electron chi connectivity index (χ4n) is 4.98. The van der Waals surface area contributed by atoms with Crippen molar-refractivity contribution < 1.29 is 28.7 Å². The molecule has 4 atom stereocenters. The number of nitrogens with zero attached hydrogens (tertiary/aromatic N) is 1. The summed E-state index contributed by atoms with van der Waals surface area (Å²) in [5.41, 5.74) is 0.557. The smallest absolute Gasteiger partial charge is 0.308 e. The molecule has 2 aliphatic carbocycles. The number of esters is 1. The molecular weight excluding hydrogens is 376 g/mol. The molecule has 1 aromatic carbocycles. The number of carbonyl (C=O) groups excluding carboxylic acids is 4. The van der Waals surface area contributed by atoms with Gasteiger partial charge in [-0.1, -0.05) is 0 Å². The summed E-state index contributed by atoms with van der Waals surface area (Å²) >= 11 is 0. The van der Waals surface area contributed by atoms with E-state index in [1.54, 1.807) is 31.4 Å². The molecule has 154 valence electrons. The van der Waals surface area contributed by atoms with Crippen molar-refractivity contribution in [2.45, 2.75) is 25.7 Å². The average Bonchev–Trinajstić information content (AvgIpc) is 3.40. The number of hydrogen-bond donors (Lipinski definition) is 1. The molecule has 8 nitrogen and oxygen atoms in total. The Morgan fingerprint density at radius 2 is 1.69 bits per heavy atom. The highest BCUT2D eigenvalue weighted by Gasteiger charge is 2.60. The fraction of sp³-hybridized carbons (Fsp3) is 0.524. The Kier molecular flexibility index (Phi) is 5.25. The fourth-order valence-corrected chi connectivity index (χ4v) is 4.98. The van der Waals surface area contributed by atoms with Gasteiger partial charge in [0.25, 0.3) is 5.91 Å². The van der Waals surface area contributed by atoms with Crippen molar-refractivity contribution in [3.05, 3.63) is 24.3 Å². The van der Waals surface area contributed by atoms with Crippen LogP contribution < -0.4 is 10.1 Å². The number of ether oxygens (including phenoxy) is 2. The second-order valence-corrected chi connectivity index (χ2v) is 7.90. The second kappa shape index (κ2) is 7.85. The Morgan fingerprint density at radius 3 is 2.28 bits per heavy atom. The Labute approximate surface area is 168 Å². The molecular formula is C21H24N2O6. The molecule has 2 bridgehead atoms. The molecule has 2 saturated carbocycles. The Morgan fingerprint density at radius 1 is 1.07 bits per heavy atom. The molecule has 1 N–H and O–H groups in total. The van der Waals surface area contributed by atoms with Crippen LogP contribution in [0.2, 0.25) is 0 Å². The number of carbonyl (C=O) groups is 4. The molecule has 3 aliphatic rings. The van der Waals surface area contributed by atoms with Crippen molar-refractivity contribution >= 4 is 29.4 Å². The Balaban J connectivity index is 1.21. The van der Waals surface area contributed by atoms with Crippen molar-refractivity contribution in [1.29, 1.82) is 0 Å². The standard InChI is InChI=1S/C21H24N2O6/c1-28-15-6-4-14(5-7-15)22-16(24)11-29-17(25)8-9-23-20(26)18-12-2-3-13(10-12)19(18)21(23)27/h4-7,12-13,18-19H,2-3,8-11H2,1H3,(H,22,24)/t12-,13+,18-,19-/m0/s1. The predicted octanol–water partition coefficient (Wildman–Crippen LogP) is 1.60. The van der Waals surface area contributed by atoms with Gasteiger partial charge in [-0.05, 0) is 55.4 Å². The van der Waals surface area contributed by atoms with Crippen LogP contribution >= 0.6 is 0 Å². The molecule has 1 aliphatic heterocycles. The Hall–Kier alpha value is -2.90. The maximum Gasteiger partial charge on any atom is 0.308 e. The van der Waals surface area contributed by atoms with Crippen molar-refractivity contribution in [3.8, 4) is 5.75 Å². The molecule has 4 rings (SSSR count). The van der Waals surface area contributed by atoms with Crippen LogP contribution in [0.4, 0.5) is 5.69 Å². The first-order chi connectivity index (χ1) is 14.0. The first-order valence-corrected chi connectivity index (χ1v) is 9.92. The lowest BCUT2D eigenvalue weighted by Gasteiger charge is -2.19. The normalized spacial score (nSPS) is 27.1. The van der Waals surface area contributed by atoms with E-state index in [-0.39, 0.29) is 36.6 Å². The zero-order valence-electron chi connectivity index (χ0n) is 16.3. The zero-order valence-corrected chi connectivity index (χ0v) is 16.3. The largest absolute Gasteiger partial charge is 0.497 e. The average molecular weight is 400 g/mol. The minimum absolute atomic E-state index is 0.0169. The molecule has 1 heterocycles. The minimum Gasteiger partial charge on any atom is -0.497 e. The highest BCUT2D eigenvalue weighted by Crippen LogP contribution is 2.56. The van der Waals surface area contributed by atoms with E-state index in [4.69, 9.17) is 9.47 Å². The van der Waals surface area contributed by atoms with Gasteiger partial charge in [0.2, 0.25) is 11.8 Å². The first-order valence-electron chi connectivity index (χ1n) is 9.92. The quantitative estimate of drug-likeness (QED) is 0.551. The topological polar surface area (TPSA) is 102 Å². The number of hydrogen-bond acceptors (Lipinski definition) is 6. The summed E-state index contributed by atoms with van der Waals surface area (Å²) in [6, 6.07) is 6.75. The van der Waals surface area contributed by atoms with E-state index < -0.39 is 18.5 Å². The number of fused-ring (bicyclic) bond motifs is 5. The van der Waals surface area contributed by atoms with E-state index >= 15 is 0 Å². The van der Waals surface area contributed by atoms with Gasteiger partial charge in [-0.15, -0.1) is 0 Å². The number of likely N-dealkylation sites (tertiary alicyclic amines) is 1. The molecule has 0 aromatic heterocycles. The number of nitrogens with one attached hydrogen (secondary N) is 1. The molecule has 29 heavy (non-hydrogen) atoms. The summed E-state index contributed by atoms with van der Waals surface area (Å²) in [5.74, 6) is -0.439. The van der Waals surface area contributed by atoms with Crippen LogP contribution in [0.3, 0.4) is 0 Å². The SMILES string of the molecule is COc1ccc(NC(=O)COC(=O)CCN2C(=O)[C@H]3[C@@H]4CC[C@@H](C4)[C@@H]3C2=O)cc1. The zero-order chi connectivity index (χ0) is 20.5. The van der Waals surface area contributed by atoms with Crippen LogP contribution in [0.1, 0.15) is 25.7 Å². The highest BCUT2D eigenvalue weighted by atomic mass is 16.5. The summed E-state index contributed by atoms with van der Waals surface area (Å²) in [6.07, 6.45) is 2.90. The maximum atomic E-state index is 12.6. The molecule has 0 unspecified atom stereocenters. The molecule has 0 spiro atoms. The van der Waals surface area contributed by atoms with Crippen LogP contribution in [0, 0.1) is 23.7 Å². The van der Waals surface area contributed by atoms with E-state index in [0.29, 0.717) is 23.3 Å². The van der Waals surface area contributed by atoms with Gasteiger partial charge >= 0.3 is 5.97 Å². The summed E-state index contributed by atoms with van der Waals surface area (Å²) < 4.78 is 10.0. The monoisotopic (exact) mass is 400 g/mol. The lowest BCUT2D eigenvalue weighted by atomic mass is 9.81. The summed E-state index contributed by atoms with van der Waals surface area (Å²) in [4.78, 5) is 50.3. The van der Waals surface area contributed by atoms with E-state index in [2.05, 4.69) is 5.32 Å². The minimum atomic E-state index is -0.615. The molecule has 1 saturated heterocycles. The van der Waals surface area contributed by atoms with Gasteiger partial charge in [0.05, 0.1) is 25.4 Å². The highest BCUT2D eigenvalue weighted by molar-refractivity contribution is 6.06. The van der Waals surface area contributed by atoms with Crippen LogP contribution in [0.15, 0.2) is 24.3 Å². The predicted molar refractivity (Wildman–Crippen MR) is 102 cm³/mol. The third kappa shape index (κ3) is 3.71. The number of methoxy groups -OCH3 is 1. The first kappa shape index (κ1) is 19.4. The second-order valence-electron chi connectivity index (χ2n) is 7.90. The van der Waals surface area contributed by atoms with Crippen molar-refractivity contribution in [1.82, 2.24) is 4.90 Å². The van der Waals surface area contributed by atoms with Crippen LogP contribution in [-0.2, 0) is 23.9 Å². The van der Waals surface area contributed by atoms with E-state index in [1.807, 2.05) is 0 Å². The molecule has 8 heteroatoms. The summed E-state index contributed by atoms with van der Waals surface area (Å²) in [6.45, 7) is -0.412. The van der Waals surface area contributed by atoms with Crippen molar-refractivity contribution in [2.24, 2.45) is 23.7 Å². The molecule has 3 amide bonds. The maximum absolute atomic E-state index is 12.6. The van der Waals surface area contributed by atoms with Gasteiger partial charge in [0.15, 0.2) is 6.61 Å². The van der Waals surface area contributed by atoms with Gasteiger partial charge in [0.1, 0.15) is 5.75 Å². The van der Waals surface area contributed by atoms with Crippen molar-refractivity contribution in [2.75, 3.05) is 25.6 Å². The Bertz CT molecular complexity index is 808. The van der Waals surface area contributed by atoms with E-state index in [1.165, 1.54) is 4.90 Å². The van der Waals surface area contributed by atoms with Crippen LogP contribution in [-0.4, -0.2) is 48.9 Å². The number of imide groups is 1. The van der Waals surface area contributed by atoms with Gasteiger partial charge in [-0.2, -0.15) is 0 Å². The molecule has 0 radical (unpaired) electrons. The molecule has 1 aromatic rings.